The monoisotopic (exact) mass is 482 g/mol. The van der Waals surface area contributed by atoms with E-state index in [4.69, 9.17) is 9.47 Å². The molecule has 190 valence electrons. The fraction of sp³-hybridized carbons (Fsp3) is 0.800. The summed E-state index contributed by atoms with van der Waals surface area (Å²) in [6, 6.07) is 0. The molecule has 7 atom stereocenters. The lowest BCUT2D eigenvalue weighted by Crippen LogP contribution is -2.71. The predicted octanol–water partition coefficient (Wildman–Crippen LogP) is 2.66. The molecule has 3 aliphatic carbocycles. The standard InChI is InChI=1S/C25H35FO8/c1-14(27)8-10-22(4)19(30)7-6-18-17-9-11-24(34-16(3)29,21(32)13-33-15(2)28)23(17,5)12-20(31)25(18,22)26/h17-18,20,31H,6-13H2,1-5H3/t17-,18-,20-,22-,23-,24-,25?/m0/s1. The maximum atomic E-state index is 17.1. The highest BCUT2D eigenvalue weighted by atomic mass is 19.1. The number of halogens is 1. The number of carbonyl (C=O) groups excluding carboxylic acids is 5. The topological polar surface area (TPSA) is 124 Å². The number of carbonyl (C=O) groups is 5. The van der Waals surface area contributed by atoms with Crippen LogP contribution in [0.4, 0.5) is 4.39 Å². The Morgan fingerprint density at radius 1 is 1.06 bits per heavy atom. The maximum Gasteiger partial charge on any atom is 0.303 e. The Morgan fingerprint density at radius 3 is 2.26 bits per heavy atom. The minimum absolute atomic E-state index is 0.00483. The van der Waals surface area contributed by atoms with Crippen LogP contribution in [0.25, 0.3) is 0 Å². The van der Waals surface area contributed by atoms with Crippen LogP contribution in [0.5, 0.6) is 0 Å². The zero-order valence-corrected chi connectivity index (χ0v) is 20.6. The second kappa shape index (κ2) is 8.81. The van der Waals surface area contributed by atoms with Gasteiger partial charge in [-0.15, -0.1) is 0 Å². The van der Waals surface area contributed by atoms with Crippen molar-refractivity contribution in [2.75, 3.05) is 6.61 Å². The molecule has 8 nitrogen and oxygen atoms in total. The smallest absolute Gasteiger partial charge is 0.303 e. The average Bonchev–Trinajstić information content (AvgIpc) is 3.01. The lowest BCUT2D eigenvalue weighted by Gasteiger charge is -2.61. The van der Waals surface area contributed by atoms with Gasteiger partial charge in [-0.3, -0.25) is 19.2 Å². The third kappa shape index (κ3) is 3.71. The van der Waals surface area contributed by atoms with E-state index < -0.39 is 64.4 Å². The lowest BCUT2D eigenvalue weighted by atomic mass is 9.45. The van der Waals surface area contributed by atoms with Crippen LogP contribution < -0.4 is 0 Å². The van der Waals surface area contributed by atoms with Crippen LogP contribution in [0.3, 0.4) is 0 Å². The summed E-state index contributed by atoms with van der Waals surface area (Å²) in [7, 11) is 0. The molecule has 34 heavy (non-hydrogen) atoms. The molecule has 3 rings (SSSR count). The number of hydrogen-bond acceptors (Lipinski definition) is 8. The first kappa shape index (κ1) is 26.4. The first-order valence-electron chi connectivity index (χ1n) is 11.9. The van der Waals surface area contributed by atoms with E-state index in [1.807, 2.05) is 0 Å². The van der Waals surface area contributed by atoms with Crippen LogP contribution in [-0.2, 0) is 33.4 Å². The summed E-state index contributed by atoms with van der Waals surface area (Å²) in [5, 5.41) is 11.3. The fourth-order valence-electron chi connectivity index (χ4n) is 7.25. The lowest BCUT2D eigenvalue weighted by molar-refractivity contribution is -0.236. The van der Waals surface area contributed by atoms with Gasteiger partial charge in [0, 0.05) is 38.0 Å². The summed E-state index contributed by atoms with van der Waals surface area (Å²) >= 11 is 0. The SMILES string of the molecule is CC(=O)CC[C@@]1(C)C(=O)CC[C@H]2[C@@H]3CC[C@](OC(C)=O)(C(=O)COC(C)=O)[C@@]3(C)C[C@H](O)C21F. The Morgan fingerprint density at radius 2 is 1.71 bits per heavy atom. The molecule has 3 fully saturated rings. The van der Waals surface area contributed by atoms with E-state index in [1.54, 1.807) is 6.92 Å². The number of esters is 2. The van der Waals surface area contributed by atoms with Crippen molar-refractivity contribution >= 4 is 29.3 Å². The van der Waals surface area contributed by atoms with E-state index in [1.165, 1.54) is 20.8 Å². The van der Waals surface area contributed by atoms with Crippen molar-refractivity contribution in [1.82, 2.24) is 0 Å². The van der Waals surface area contributed by atoms with E-state index in [-0.39, 0.29) is 50.1 Å². The molecule has 9 heteroatoms. The molecule has 3 saturated carbocycles. The van der Waals surface area contributed by atoms with Gasteiger partial charge in [-0.05, 0) is 51.9 Å². The Bertz CT molecular complexity index is 917. The molecule has 0 bridgehead atoms. The summed E-state index contributed by atoms with van der Waals surface area (Å²) in [6.45, 7) is 6.33. The molecule has 0 aromatic heterocycles. The van der Waals surface area contributed by atoms with Crippen LogP contribution in [0.2, 0.25) is 0 Å². The highest BCUT2D eigenvalue weighted by molar-refractivity contribution is 5.93. The van der Waals surface area contributed by atoms with Gasteiger partial charge in [0.1, 0.15) is 11.6 Å². The van der Waals surface area contributed by atoms with Gasteiger partial charge < -0.3 is 19.4 Å². The van der Waals surface area contributed by atoms with Crippen molar-refractivity contribution in [2.24, 2.45) is 22.7 Å². The summed E-state index contributed by atoms with van der Waals surface area (Å²) in [5.74, 6) is -3.68. The Kier molecular flexibility index (Phi) is 6.85. The summed E-state index contributed by atoms with van der Waals surface area (Å²) in [6.07, 6.45) is -1.08. The minimum atomic E-state index is -2.28. The minimum Gasteiger partial charge on any atom is -0.458 e. The second-order valence-corrected chi connectivity index (χ2v) is 10.8. The maximum absolute atomic E-state index is 17.1. The number of aliphatic hydroxyl groups excluding tert-OH is 1. The highest BCUT2D eigenvalue weighted by Crippen LogP contribution is 2.69. The first-order valence-corrected chi connectivity index (χ1v) is 11.9. The predicted molar refractivity (Wildman–Crippen MR) is 117 cm³/mol. The van der Waals surface area contributed by atoms with Crippen molar-refractivity contribution in [1.29, 1.82) is 0 Å². The van der Waals surface area contributed by atoms with Crippen molar-refractivity contribution in [3.63, 3.8) is 0 Å². The first-order chi connectivity index (χ1) is 15.7. The van der Waals surface area contributed by atoms with Crippen molar-refractivity contribution in [3.05, 3.63) is 0 Å². The molecular weight excluding hydrogens is 447 g/mol. The number of alkyl halides is 1. The number of fused-ring (bicyclic) bond motifs is 3. The number of aliphatic hydroxyl groups is 1. The Balaban J connectivity index is 2.07. The molecular formula is C25H35FO8. The molecule has 0 aromatic carbocycles. The zero-order chi connectivity index (χ0) is 25.7. The largest absolute Gasteiger partial charge is 0.458 e. The molecule has 0 saturated heterocycles. The van der Waals surface area contributed by atoms with Crippen LogP contribution in [0, 0.1) is 22.7 Å². The van der Waals surface area contributed by atoms with Gasteiger partial charge in [0.05, 0.1) is 11.5 Å². The molecule has 0 spiro atoms. The van der Waals surface area contributed by atoms with E-state index in [0.29, 0.717) is 6.42 Å². The molecule has 0 radical (unpaired) electrons. The second-order valence-electron chi connectivity index (χ2n) is 10.8. The molecule has 1 unspecified atom stereocenters. The number of ketones is 3. The molecule has 0 heterocycles. The van der Waals surface area contributed by atoms with E-state index in [0.717, 1.165) is 6.92 Å². The van der Waals surface area contributed by atoms with Crippen LogP contribution in [-0.4, -0.2) is 58.4 Å². The van der Waals surface area contributed by atoms with E-state index in [2.05, 4.69) is 0 Å². The number of Topliss-reactive ketones (excluding diaryl/α,β-unsaturated/α-hetero) is 3. The Labute approximate surface area is 198 Å². The quantitative estimate of drug-likeness (QED) is 0.549. The Hall–Kier alpha value is -2.16. The van der Waals surface area contributed by atoms with Crippen molar-refractivity contribution in [3.8, 4) is 0 Å². The van der Waals surface area contributed by atoms with Crippen LogP contribution in [0.15, 0.2) is 0 Å². The van der Waals surface area contributed by atoms with E-state index in [9.17, 15) is 29.1 Å². The average molecular weight is 483 g/mol. The molecule has 1 N–H and O–H groups in total. The fourth-order valence-corrected chi connectivity index (χ4v) is 7.25. The summed E-state index contributed by atoms with van der Waals surface area (Å²) in [4.78, 5) is 61.4. The van der Waals surface area contributed by atoms with Gasteiger partial charge in [-0.1, -0.05) is 6.92 Å². The van der Waals surface area contributed by atoms with Crippen molar-refractivity contribution < 1.29 is 42.9 Å². The van der Waals surface area contributed by atoms with Gasteiger partial charge in [0.25, 0.3) is 0 Å². The van der Waals surface area contributed by atoms with Crippen LogP contribution >= 0.6 is 0 Å². The highest BCUT2D eigenvalue weighted by Gasteiger charge is 2.76. The third-order valence-electron chi connectivity index (χ3n) is 8.97. The van der Waals surface area contributed by atoms with Gasteiger partial charge in [0.2, 0.25) is 5.78 Å². The zero-order valence-electron chi connectivity index (χ0n) is 20.6. The van der Waals surface area contributed by atoms with Crippen molar-refractivity contribution in [2.45, 2.75) is 96.9 Å². The number of hydrogen-bond donors (Lipinski definition) is 1. The van der Waals surface area contributed by atoms with Crippen LogP contribution in [0.1, 0.15) is 79.6 Å². The van der Waals surface area contributed by atoms with Gasteiger partial charge in [-0.2, -0.15) is 0 Å². The molecule has 0 aliphatic heterocycles. The molecule has 3 aliphatic rings. The summed E-state index contributed by atoms with van der Waals surface area (Å²) in [5.41, 5.74) is -6.64. The normalized spacial score (nSPS) is 41.3. The third-order valence-corrected chi connectivity index (χ3v) is 8.97. The van der Waals surface area contributed by atoms with Gasteiger partial charge in [0.15, 0.2) is 17.9 Å². The number of ether oxygens (including phenoxy) is 2. The van der Waals surface area contributed by atoms with Gasteiger partial charge in [-0.25, -0.2) is 4.39 Å². The van der Waals surface area contributed by atoms with E-state index >= 15 is 4.39 Å². The number of rotatable bonds is 7. The molecule has 0 aromatic rings. The summed E-state index contributed by atoms with van der Waals surface area (Å²) < 4.78 is 27.7. The molecule has 0 amide bonds. The van der Waals surface area contributed by atoms with Gasteiger partial charge >= 0.3 is 11.9 Å².